The van der Waals surface area contributed by atoms with Gasteiger partial charge in [0.2, 0.25) is 0 Å². The molecule has 0 saturated heterocycles. The van der Waals surface area contributed by atoms with Crippen molar-refractivity contribution in [1.82, 2.24) is 4.90 Å². The lowest BCUT2D eigenvalue weighted by Crippen LogP contribution is -2.31. The van der Waals surface area contributed by atoms with Crippen LogP contribution in [0.2, 0.25) is 10.0 Å². The Hall–Kier alpha value is -2.34. The van der Waals surface area contributed by atoms with E-state index in [-0.39, 0.29) is 16.8 Å². The number of carbonyl (C=O) groups excluding carboxylic acids is 2. The minimum absolute atomic E-state index is 0.289. The van der Waals surface area contributed by atoms with Gasteiger partial charge in [-0.15, -0.1) is 0 Å². The van der Waals surface area contributed by atoms with Gasteiger partial charge in [-0.3, -0.25) is 9.59 Å². The lowest BCUT2D eigenvalue weighted by molar-refractivity contribution is -0.120. The van der Waals surface area contributed by atoms with Gasteiger partial charge < -0.3 is 9.64 Å². The number of carbonyl (C=O) groups is 2. The predicted octanol–water partition coefficient (Wildman–Crippen LogP) is 4.67. The van der Waals surface area contributed by atoms with Crippen LogP contribution in [0.15, 0.2) is 48.0 Å². The van der Waals surface area contributed by atoms with Gasteiger partial charge in [-0.2, -0.15) is 0 Å². The molecule has 0 bridgehead atoms. The summed E-state index contributed by atoms with van der Waals surface area (Å²) in [4.78, 5) is 29.8. The van der Waals surface area contributed by atoms with Crippen LogP contribution >= 0.6 is 23.2 Å². The van der Waals surface area contributed by atoms with Gasteiger partial charge in [0.15, 0.2) is 0 Å². The second-order valence-corrected chi connectivity index (χ2v) is 7.85. The summed E-state index contributed by atoms with van der Waals surface area (Å²) in [6.45, 7) is 0.813. The van der Waals surface area contributed by atoms with Crippen LogP contribution in [-0.2, 0) is 9.59 Å². The lowest BCUT2D eigenvalue weighted by Gasteiger charge is -2.16. The van der Waals surface area contributed by atoms with Crippen LogP contribution in [0, 0.1) is 0 Å². The van der Waals surface area contributed by atoms with Crippen LogP contribution in [-0.4, -0.2) is 44.5 Å². The van der Waals surface area contributed by atoms with Crippen molar-refractivity contribution in [3.63, 3.8) is 0 Å². The highest BCUT2D eigenvalue weighted by molar-refractivity contribution is 6.46. The van der Waals surface area contributed by atoms with Crippen LogP contribution in [0.3, 0.4) is 0 Å². The van der Waals surface area contributed by atoms with Gasteiger partial charge in [-0.1, -0.05) is 35.3 Å². The van der Waals surface area contributed by atoms with Crippen molar-refractivity contribution < 1.29 is 14.3 Å². The zero-order valence-electron chi connectivity index (χ0n) is 16.5. The molecule has 0 unspecified atom stereocenters. The molecular formula is C22H22Cl2N2O3. The molecule has 0 saturated carbocycles. The first-order valence-electron chi connectivity index (χ1n) is 9.19. The molecule has 3 rings (SSSR count). The summed E-state index contributed by atoms with van der Waals surface area (Å²) in [6.07, 6.45) is 1.26. The molecule has 0 N–H and O–H groups in total. The Balaban J connectivity index is 2.02. The van der Waals surface area contributed by atoms with E-state index in [0.29, 0.717) is 39.6 Å². The van der Waals surface area contributed by atoms with E-state index in [1.807, 2.05) is 19.0 Å². The molecule has 0 radical (unpaired) electrons. The average molecular weight is 433 g/mol. The number of nitrogens with zero attached hydrogens (tertiary/aromatic N) is 2. The van der Waals surface area contributed by atoms with Crippen molar-refractivity contribution in [2.75, 3.05) is 32.6 Å². The molecule has 0 aliphatic carbocycles. The van der Waals surface area contributed by atoms with Crippen molar-refractivity contribution >= 4 is 46.3 Å². The van der Waals surface area contributed by atoms with E-state index in [1.165, 1.54) is 11.0 Å². The monoisotopic (exact) mass is 432 g/mol. The molecule has 152 valence electrons. The molecule has 2 aromatic rings. The minimum Gasteiger partial charge on any atom is -0.497 e. The molecule has 7 heteroatoms. The maximum absolute atomic E-state index is 13.3. The summed E-state index contributed by atoms with van der Waals surface area (Å²) in [7, 11) is 5.53. The quantitative estimate of drug-likeness (QED) is 0.596. The number of hydrogen-bond donors (Lipinski definition) is 0. The number of imide groups is 1. The first-order valence-corrected chi connectivity index (χ1v) is 9.95. The molecule has 0 fully saturated rings. The zero-order valence-corrected chi connectivity index (χ0v) is 18.0. The summed E-state index contributed by atoms with van der Waals surface area (Å²) >= 11 is 12.1. The number of hydrogen-bond acceptors (Lipinski definition) is 4. The third-order valence-electron chi connectivity index (χ3n) is 4.75. The first-order chi connectivity index (χ1) is 13.8. The first kappa shape index (κ1) is 21.4. The van der Waals surface area contributed by atoms with Gasteiger partial charge in [-0.25, -0.2) is 4.90 Å². The SMILES string of the molecule is COc1ccc(C2=C(CCCN(C)C)C(=O)N(c3ccc(Cl)c(Cl)c3)C2=O)cc1. The van der Waals surface area contributed by atoms with Gasteiger partial charge >= 0.3 is 0 Å². The van der Waals surface area contributed by atoms with E-state index in [0.717, 1.165) is 13.0 Å². The molecule has 5 nitrogen and oxygen atoms in total. The molecule has 1 heterocycles. The smallest absolute Gasteiger partial charge is 0.266 e. The maximum atomic E-state index is 13.3. The minimum atomic E-state index is -0.363. The van der Waals surface area contributed by atoms with Crippen LogP contribution in [0.4, 0.5) is 5.69 Å². The van der Waals surface area contributed by atoms with E-state index in [1.54, 1.807) is 43.5 Å². The fraction of sp³-hybridized carbons (Fsp3) is 0.273. The standard InChI is InChI=1S/C22H22Cl2N2O3/c1-25(2)12-4-5-17-20(14-6-9-16(29-3)10-7-14)22(28)26(21(17)27)15-8-11-18(23)19(24)13-15/h6-11,13H,4-5,12H2,1-3H3. The third-order valence-corrected chi connectivity index (χ3v) is 5.49. The van der Waals surface area contributed by atoms with Crippen LogP contribution in [0.1, 0.15) is 18.4 Å². The van der Waals surface area contributed by atoms with Crippen molar-refractivity contribution in [2.24, 2.45) is 0 Å². The number of methoxy groups -OCH3 is 1. The number of halogens is 2. The van der Waals surface area contributed by atoms with E-state index in [2.05, 4.69) is 0 Å². The van der Waals surface area contributed by atoms with E-state index >= 15 is 0 Å². The molecular weight excluding hydrogens is 411 g/mol. The fourth-order valence-electron chi connectivity index (χ4n) is 3.29. The summed E-state index contributed by atoms with van der Waals surface area (Å²) in [6, 6.07) is 11.9. The molecule has 0 atom stereocenters. The van der Waals surface area contributed by atoms with E-state index in [4.69, 9.17) is 27.9 Å². The molecule has 1 aliphatic rings. The second kappa shape index (κ2) is 8.99. The van der Waals surface area contributed by atoms with Gasteiger partial charge in [0, 0.05) is 5.57 Å². The number of benzene rings is 2. The van der Waals surface area contributed by atoms with Crippen LogP contribution in [0.5, 0.6) is 5.75 Å². The zero-order chi connectivity index (χ0) is 21.1. The maximum Gasteiger partial charge on any atom is 0.266 e. The van der Waals surface area contributed by atoms with Gasteiger partial charge in [-0.05, 0) is 69.4 Å². The number of rotatable bonds is 7. The molecule has 0 spiro atoms. The predicted molar refractivity (Wildman–Crippen MR) is 117 cm³/mol. The Kier molecular flexibility index (Phi) is 6.63. The van der Waals surface area contributed by atoms with E-state index < -0.39 is 0 Å². The highest BCUT2D eigenvalue weighted by Gasteiger charge is 2.39. The Labute approximate surface area is 180 Å². The Morgan fingerprint density at radius 1 is 0.966 bits per heavy atom. The largest absolute Gasteiger partial charge is 0.497 e. The number of amides is 2. The Morgan fingerprint density at radius 2 is 1.66 bits per heavy atom. The van der Waals surface area contributed by atoms with Crippen LogP contribution in [0.25, 0.3) is 5.57 Å². The summed E-state index contributed by atoms with van der Waals surface area (Å²) in [5.41, 5.74) is 2.02. The molecule has 29 heavy (non-hydrogen) atoms. The second-order valence-electron chi connectivity index (χ2n) is 7.03. The summed E-state index contributed by atoms with van der Waals surface area (Å²) in [5, 5.41) is 0.654. The molecule has 2 amide bonds. The Morgan fingerprint density at radius 3 is 2.24 bits per heavy atom. The van der Waals surface area contributed by atoms with Crippen LogP contribution < -0.4 is 9.64 Å². The molecule has 2 aromatic carbocycles. The average Bonchev–Trinajstić information content (AvgIpc) is 2.94. The van der Waals surface area contributed by atoms with Gasteiger partial charge in [0.1, 0.15) is 5.75 Å². The fourth-order valence-corrected chi connectivity index (χ4v) is 3.59. The van der Waals surface area contributed by atoms with Crippen molar-refractivity contribution in [2.45, 2.75) is 12.8 Å². The highest BCUT2D eigenvalue weighted by atomic mass is 35.5. The summed E-state index contributed by atoms with van der Waals surface area (Å²) < 4.78 is 5.20. The van der Waals surface area contributed by atoms with Crippen molar-refractivity contribution in [3.8, 4) is 5.75 Å². The molecule has 1 aliphatic heterocycles. The van der Waals surface area contributed by atoms with Gasteiger partial charge in [0.25, 0.3) is 11.8 Å². The lowest BCUT2D eigenvalue weighted by atomic mass is 9.98. The number of anilines is 1. The van der Waals surface area contributed by atoms with Crippen molar-refractivity contribution in [1.29, 1.82) is 0 Å². The molecule has 0 aromatic heterocycles. The topological polar surface area (TPSA) is 49.9 Å². The van der Waals surface area contributed by atoms with Gasteiger partial charge in [0.05, 0.1) is 28.4 Å². The normalized spacial score (nSPS) is 14.3. The summed E-state index contributed by atoms with van der Waals surface area (Å²) in [5.74, 6) is -0.00186. The number of ether oxygens (including phenoxy) is 1. The third kappa shape index (κ3) is 4.47. The van der Waals surface area contributed by atoms with E-state index in [9.17, 15) is 9.59 Å². The Bertz CT molecular complexity index is 969. The van der Waals surface area contributed by atoms with Crippen molar-refractivity contribution in [3.05, 3.63) is 63.6 Å². The highest BCUT2D eigenvalue weighted by Crippen LogP contribution is 2.37.